The summed E-state index contributed by atoms with van der Waals surface area (Å²) in [6.45, 7) is 7.56. The SMILES string of the molecule is CC(C)(C)c1ccc(OCCNC(C(=O)O)C2CC2)cc1. The van der Waals surface area contributed by atoms with E-state index in [1.54, 1.807) is 0 Å². The Labute approximate surface area is 126 Å². The van der Waals surface area contributed by atoms with Gasteiger partial charge < -0.3 is 15.2 Å². The Bertz CT molecular complexity index is 472. The molecule has 1 fully saturated rings. The van der Waals surface area contributed by atoms with E-state index in [-0.39, 0.29) is 5.41 Å². The van der Waals surface area contributed by atoms with Crippen molar-refractivity contribution in [3.05, 3.63) is 29.8 Å². The van der Waals surface area contributed by atoms with E-state index in [9.17, 15) is 4.79 Å². The standard InChI is InChI=1S/C17H25NO3/c1-17(2,3)13-6-8-14(9-7-13)21-11-10-18-15(16(19)20)12-4-5-12/h6-9,12,15,18H,4-5,10-11H2,1-3H3,(H,19,20). The molecule has 21 heavy (non-hydrogen) atoms. The van der Waals surface area contributed by atoms with Gasteiger partial charge in [0.25, 0.3) is 0 Å². The van der Waals surface area contributed by atoms with E-state index in [1.807, 2.05) is 12.1 Å². The molecule has 116 valence electrons. The summed E-state index contributed by atoms with van der Waals surface area (Å²) < 4.78 is 5.65. The van der Waals surface area contributed by atoms with Crippen molar-refractivity contribution in [1.29, 1.82) is 0 Å². The Morgan fingerprint density at radius 2 is 1.95 bits per heavy atom. The molecule has 2 N–H and O–H groups in total. The summed E-state index contributed by atoms with van der Waals surface area (Å²) >= 11 is 0. The topological polar surface area (TPSA) is 58.6 Å². The van der Waals surface area contributed by atoms with Crippen LogP contribution in [0.1, 0.15) is 39.2 Å². The molecule has 0 bridgehead atoms. The lowest BCUT2D eigenvalue weighted by atomic mass is 9.87. The number of carboxylic acid groups (broad SMARTS) is 1. The molecule has 0 saturated heterocycles. The Morgan fingerprint density at radius 3 is 2.43 bits per heavy atom. The van der Waals surface area contributed by atoms with Crippen molar-refractivity contribution in [2.24, 2.45) is 5.92 Å². The molecular formula is C17H25NO3. The van der Waals surface area contributed by atoms with Gasteiger partial charge in [0.2, 0.25) is 0 Å². The fourth-order valence-electron chi connectivity index (χ4n) is 2.32. The van der Waals surface area contributed by atoms with Crippen LogP contribution in [0.4, 0.5) is 0 Å². The number of benzene rings is 1. The Hall–Kier alpha value is -1.55. The molecule has 0 amide bonds. The molecule has 1 aromatic rings. The Morgan fingerprint density at radius 1 is 1.33 bits per heavy atom. The maximum absolute atomic E-state index is 11.1. The Kier molecular flexibility index (Phi) is 4.88. The molecular weight excluding hydrogens is 266 g/mol. The highest BCUT2D eigenvalue weighted by Crippen LogP contribution is 2.32. The van der Waals surface area contributed by atoms with Crippen molar-refractivity contribution in [3.63, 3.8) is 0 Å². The lowest BCUT2D eigenvalue weighted by Crippen LogP contribution is -2.40. The number of aliphatic carboxylic acids is 1. The second-order valence-electron chi connectivity index (χ2n) is 6.73. The first-order valence-corrected chi connectivity index (χ1v) is 7.57. The third-order valence-electron chi connectivity index (χ3n) is 3.81. The summed E-state index contributed by atoms with van der Waals surface area (Å²) in [5.74, 6) is 0.365. The molecule has 1 aliphatic carbocycles. The maximum atomic E-state index is 11.1. The van der Waals surface area contributed by atoms with Crippen molar-refractivity contribution < 1.29 is 14.6 Å². The van der Waals surface area contributed by atoms with Gasteiger partial charge in [0.15, 0.2) is 0 Å². The van der Waals surface area contributed by atoms with Gasteiger partial charge in [-0.1, -0.05) is 32.9 Å². The third-order valence-corrected chi connectivity index (χ3v) is 3.81. The monoisotopic (exact) mass is 291 g/mol. The van der Waals surface area contributed by atoms with Crippen molar-refractivity contribution in [1.82, 2.24) is 5.32 Å². The molecule has 0 aliphatic heterocycles. The van der Waals surface area contributed by atoms with Crippen molar-refractivity contribution in [2.45, 2.75) is 45.1 Å². The lowest BCUT2D eigenvalue weighted by molar-refractivity contribution is -0.140. The van der Waals surface area contributed by atoms with Crippen LogP contribution in [-0.4, -0.2) is 30.3 Å². The van der Waals surface area contributed by atoms with Crippen LogP contribution in [0, 0.1) is 5.92 Å². The van der Waals surface area contributed by atoms with E-state index in [0.29, 0.717) is 19.1 Å². The van der Waals surface area contributed by atoms with E-state index < -0.39 is 12.0 Å². The van der Waals surface area contributed by atoms with E-state index in [0.717, 1.165) is 18.6 Å². The highest BCUT2D eigenvalue weighted by molar-refractivity contribution is 5.74. The summed E-state index contributed by atoms with van der Waals surface area (Å²) in [6.07, 6.45) is 2.03. The van der Waals surface area contributed by atoms with Gasteiger partial charge in [0, 0.05) is 6.54 Å². The lowest BCUT2D eigenvalue weighted by Gasteiger charge is -2.19. The molecule has 0 radical (unpaired) electrons. The average molecular weight is 291 g/mol. The van der Waals surface area contributed by atoms with Gasteiger partial charge in [-0.25, -0.2) is 0 Å². The van der Waals surface area contributed by atoms with Crippen molar-refractivity contribution in [2.75, 3.05) is 13.2 Å². The predicted molar refractivity (Wildman–Crippen MR) is 82.8 cm³/mol. The van der Waals surface area contributed by atoms with Gasteiger partial charge in [-0.2, -0.15) is 0 Å². The van der Waals surface area contributed by atoms with Crippen LogP contribution in [0.3, 0.4) is 0 Å². The van der Waals surface area contributed by atoms with Crippen LogP contribution >= 0.6 is 0 Å². The zero-order chi connectivity index (χ0) is 15.5. The third kappa shape index (κ3) is 4.74. The van der Waals surface area contributed by atoms with Crippen LogP contribution in [-0.2, 0) is 10.2 Å². The fourth-order valence-corrected chi connectivity index (χ4v) is 2.32. The molecule has 1 aromatic carbocycles. The van der Waals surface area contributed by atoms with Crippen LogP contribution in [0.5, 0.6) is 5.75 Å². The smallest absolute Gasteiger partial charge is 0.320 e. The summed E-state index contributed by atoms with van der Waals surface area (Å²) in [6, 6.07) is 7.67. The van der Waals surface area contributed by atoms with Crippen molar-refractivity contribution >= 4 is 5.97 Å². The number of hydrogen-bond donors (Lipinski definition) is 2. The predicted octanol–water partition coefficient (Wildman–Crippen LogP) is 2.82. The summed E-state index contributed by atoms with van der Waals surface area (Å²) in [7, 11) is 0. The van der Waals surface area contributed by atoms with Crippen LogP contribution < -0.4 is 10.1 Å². The van der Waals surface area contributed by atoms with Gasteiger partial charge in [-0.3, -0.25) is 4.79 Å². The molecule has 1 unspecified atom stereocenters. The molecule has 1 saturated carbocycles. The van der Waals surface area contributed by atoms with Crippen LogP contribution in [0.15, 0.2) is 24.3 Å². The van der Waals surface area contributed by atoms with Crippen LogP contribution in [0.2, 0.25) is 0 Å². The van der Waals surface area contributed by atoms with E-state index in [4.69, 9.17) is 9.84 Å². The summed E-state index contributed by atoms with van der Waals surface area (Å²) in [4.78, 5) is 11.1. The average Bonchev–Trinajstić information content (AvgIpc) is 3.22. The van der Waals surface area contributed by atoms with Crippen molar-refractivity contribution in [3.8, 4) is 5.75 Å². The maximum Gasteiger partial charge on any atom is 0.320 e. The zero-order valence-corrected chi connectivity index (χ0v) is 13.1. The molecule has 0 spiro atoms. The molecule has 4 nitrogen and oxygen atoms in total. The molecule has 1 aliphatic rings. The van der Waals surface area contributed by atoms with E-state index in [2.05, 4.69) is 38.2 Å². The van der Waals surface area contributed by atoms with E-state index in [1.165, 1.54) is 5.56 Å². The highest BCUT2D eigenvalue weighted by atomic mass is 16.5. The minimum absolute atomic E-state index is 0.138. The second kappa shape index (κ2) is 6.48. The molecule has 0 heterocycles. The Balaban J connectivity index is 1.74. The number of rotatable bonds is 7. The summed E-state index contributed by atoms with van der Waals surface area (Å²) in [5, 5.41) is 12.2. The molecule has 0 aromatic heterocycles. The number of hydrogen-bond acceptors (Lipinski definition) is 3. The molecule has 1 atom stereocenters. The first-order chi connectivity index (χ1) is 9.88. The van der Waals surface area contributed by atoms with Gasteiger partial charge in [0.05, 0.1) is 0 Å². The van der Waals surface area contributed by atoms with Gasteiger partial charge >= 0.3 is 5.97 Å². The first kappa shape index (κ1) is 15.8. The highest BCUT2D eigenvalue weighted by Gasteiger charge is 2.35. The first-order valence-electron chi connectivity index (χ1n) is 7.57. The normalized spacial score (nSPS) is 16.5. The minimum Gasteiger partial charge on any atom is -0.492 e. The second-order valence-corrected chi connectivity index (χ2v) is 6.73. The largest absolute Gasteiger partial charge is 0.492 e. The number of carbonyl (C=O) groups is 1. The number of nitrogens with one attached hydrogen (secondary N) is 1. The fraction of sp³-hybridized carbons (Fsp3) is 0.588. The molecule has 4 heteroatoms. The number of ether oxygens (including phenoxy) is 1. The van der Waals surface area contributed by atoms with Gasteiger partial charge in [-0.05, 0) is 41.9 Å². The number of carboxylic acids is 1. The van der Waals surface area contributed by atoms with Gasteiger partial charge in [0.1, 0.15) is 18.4 Å². The van der Waals surface area contributed by atoms with E-state index >= 15 is 0 Å². The quantitative estimate of drug-likeness (QED) is 0.758. The molecule has 2 rings (SSSR count). The van der Waals surface area contributed by atoms with Gasteiger partial charge in [-0.15, -0.1) is 0 Å². The minimum atomic E-state index is -0.757. The summed E-state index contributed by atoms with van der Waals surface area (Å²) in [5.41, 5.74) is 1.41. The van der Waals surface area contributed by atoms with Crippen LogP contribution in [0.25, 0.3) is 0 Å². The zero-order valence-electron chi connectivity index (χ0n) is 13.1.